The monoisotopic (exact) mass is 561 g/mol. The van der Waals surface area contributed by atoms with Gasteiger partial charge in [-0.2, -0.15) is 0 Å². The lowest BCUT2D eigenvalue weighted by Crippen LogP contribution is -2.47. The highest BCUT2D eigenvalue weighted by Gasteiger charge is 2.23. The van der Waals surface area contributed by atoms with Gasteiger partial charge in [0.25, 0.3) is 11.8 Å². The Bertz CT molecular complexity index is 1840. The van der Waals surface area contributed by atoms with Crippen LogP contribution in [-0.2, 0) is 11.2 Å². The molecule has 10 heteroatoms. The fourth-order valence-electron chi connectivity index (χ4n) is 5.61. The van der Waals surface area contributed by atoms with Gasteiger partial charge in [-0.25, -0.2) is 0 Å². The van der Waals surface area contributed by atoms with Crippen LogP contribution in [-0.4, -0.2) is 75.7 Å². The maximum Gasteiger partial charge on any atom is 0.254 e. The molecule has 4 N–H and O–H groups in total. The Labute approximate surface area is 242 Å². The average Bonchev–Trinajstić information content (AvgIpc) is 3.37. The topological polar surface area (TPSA) is 137 Å². The van der Waals surface area contributed by atoms with Crippen LogP contribution in [0.2, 0.25) is 0 Å². The highest BCUT2D eigenvalue weighted by atomic mass is 16.2. The van der Waals surface area contributed by atoms with Gasteiger partial charge >= 0.3 is 0 Å². The largest absolute Gasteiger partial charge is 0.366 e. The molecule has 0 bridgehead atoms. The summed E-state index contributed by atoms with van der Waals surface area (Å²) in [7, 11) is 2.05. The van der Waals surface area contributed by atoms with Crippen LogP contribution < -0.4 is 11.1 Å². The Morgan fingerprint density at radius 3 is 2.55 bits per heavy atom. The highest BCUT2D eigenvalue weighted by molar-refractivity contribution is 6.20. The zero-order valence-corrected chi connectivity index (χ0v) is 23.5. The quantitative estimate of drug-likeness (QED) is 0.289. The Morgan fingerprint density at radius 1 is 1.00 bits per heavy atom. The van der Waals surface area contributed by atoms with Crippen molar-refractivity contribution in [1.82, 2.24) is 24.8 Å². The minimum atomic E-state index is -0.548. The molecule has 3 amide bonds. The van der Waals surface area contributed by atoms with Gasteiger partial charge < -0.3 is 25.8 Å². The minimum Gasteiger partial charge on any atom is -0.366 e. The number of piperazine rings is 1. The van der Waals surface area contributed by atoms with E-state index >= 15 is 0 Å². The van der Waals surface area contributed by atoms with Crippen LogP contribution in [0.25, 0.3) is 32.9 Å². The number of anilines is 1. The van der Waals surface area contributed by atoms with Crippen LogP contribution in [0.3, 0.4) is 0 Å². The second kappa shape index (κ2) is 11.1. The number of hydrogen-bond acceptors (Lipinski definition) is 6. The number of aromatic nitrogens is 3. The third kappa shape index (κ3) is 5.08. The summed E-state index contributed by atoms with van der Waals surface area (Å²) in [6, 6.07) is 14.9. The first-order valence-corrected chi connectivity index (χ1v) is 13.8. The Morgan fingerprint density at radius 2 is 1.81 bits per heavy atom. The molecular formula is C32H31N7O3. The molecule has 2 aromatic heterocycles. The van der Waals surface area contributed by atoms with E-state index in [9.17, 15) is 14.4 Å². The van der Waals surface area contributed by atoms with Gasteiger partial charge in [0, 0.05) is 72.3 Å². The molecule has 1 aliphatic heterocycles. The van der Waals surface area contributed by atoms with E-state index in [1.54, 1.807) is 24.7 Å². The van der Waals surface area contributed by atoms with Crippen molar-refractivity contribution in [2.75, 3.05) is 38.5 Å². The van der Waals surface area contributed by atoms with Crippen LogP contribution in [0.4, 0.5) is 5.69 Å². The molecule has 0 spiro atoms. The molecule has 1 fully saturated rings. The molecule has 0 radical (unpaired) electrons. The first-order chi connectivity index (χ1) is 20.3. The molecular weight excluding hydrogens is 530 g/mol. The summed E-state index contributed by atoms with van der Waals surface area (Å²) < 4.78 is 0. The number of nitrogens with two attached hydrogens (primary N) is 1. The van der Waals surface area contributed by atoms with Gasteiger partial charge in [-0.15, -0.1) is 0 Å². The standard InChI is InChI=1S/C32H31N7O3/c1-19-22(4-3-5-26(19)36-28(40)17-21-18-34-10-11-35-21)23-8-9-25(31(33)41)30-29(23)24-7-6-20(16-27(24)37-30)32(42)39-14-12-38(2)13-15-39/h3-11,16,18,37H,12-15,17H2,1-2H3,(H2,33,41)(H,36,40). The predicted molar refractivity (Wildman–Crippen MR) is 162 cm³/mol. The zero-order chi connectivity index (χ0) is 29.4. The van der Waals surface area contributed by atoms with E-state index in [2.05, 4.69) is 32.2 Å². The summed E-state index contributed by atoms with van der Waals surface area (Å²) in [5.74, 6) is -0.761. The maximum atomic E-state index is 13.3. The van der Waals surface area contributed by atoms with Gasteiger partial charge in [0.2, 0.25) is 5.91 Å². The van der Waals surface area contributed by atoms with Crippen molar-refractivity contribution in [2.45, 2.75) is 13.3 Å². The van der Waals surface area contributed by atoms with Gasteiger partial charge in [-0.1, -0.05) is 24.3 Å². The molecule has 0 unspecified atom stereocenters. The van der Waals surface area contributed by atoms with Crippen LogP contribution in [0.1, 0.15) is 32.0 Å². The number of primary amides is 1. The summed E-state index contributed by atoms with van der Waals surface area (Å²) >= 11 is 0. The molecule has 42 heavy (non-hydrogen) atoms. The minimum absolute atomic E-state index is 0.0141. The van der Waals surface area contributed by atoms with Crippen LogP contribution in [0.5, 0.6) is 0 Å². The van der Waals surface area contributed by atoms with E-state index in [-0.39, 0.29) is 18.2 Å². The number of carbonyl (C=O) groups is 3. The Balaban J connectivity index is 1.40. The summed E-state index contributed by atoms with van der Waals surface area (Å²) in [5.41, 5.74) is 12.0. The fraction of sp³-hybridized carbons (Fsp3) is 0.219. The second-order valence-electron chi connectivity index (χ2n) is 10.7. The first kappa shape index (κ1) is 27.1. The number of aromatic amines is 1. The van der Waals surface area contributed by atoms with Gasteiger partial charge in [0.05, 0.1) is 23.2 Å². The van der Waals surface area contributed by atoms with Crippen LogP contribution in [0, 0.1) is 6.92 Å². The van der Waals surface area contributed by atoms with Crippen molar-refractivity contribution in [1.29, 1.82) is 0 Å². The zero-order valence-electron chi connectivity index (χ0n) is 23.5. The van der Waals surface area contributed by atoms with E-state index < -0.39 is 5.91 Å². The van der Waals surface area contributed by atoms with Crippen molar-refractivity contribution in [2.24, 2.45) is 5.73 Å². The molecule has 1 saturated heterocycles. The number of hydrogen-bond donors (Lipinski definition) is 3. The lowest BCUT2D eigenvalue weighted by Gasteiger charge is -2.32. The van der Waals surface area contributed by atoms with Crippen molar-refractivity contribution >= 4 is 45.2 Å². The molecule has 3 heterocycles. The van der Waals surface area contributed by atoms with Gasteiger partial charge in [-0.05, 0) is 54.9 Å². The van der Waals surface area contributed by atoms with E-state index in [1.165, 1.54) is 0 Å². The average molecular weight is 562 g/mol. The summed E-state index contributed by atoms with van der Waals surface area (Å²) in [5, 5.41) is 4.69. The third-order valence-electron chi connectivity index (χ3n) is 7.91. The molecule has 0 saturated carbocycles. The number of fused-ring (bicyclic) bond motifs is 3. The number of carbonyl (C=O) groups excluding carboxylic acids is 3. The number of H-pyrrole nitrogens is 1. The van der Waals surface area contributed by atoms with E-state index in [4.69, 9.17) is 5.73 Å². The Kier molecular flexibility index (Phi) is 7.13. The number of rotatable bonds is 6. The van der Waals surface area contributed by atoms with Crippen LogP contribution >= 0.6 is 0 Å². The lowest BCUT2D eigenvalue weighted by atomic mass is 9.93. The summed E-state index contributed by atoms with van der Waals surface area (Å²) in [6.07, 6.45) is 4.80. The number of amides is 3. The molecule has 6 rings (SSSR count). The summed E-state index contributed by atoms with van der Waals surface area (Å²) in [4.78, 5) is 54.2. The smallest absolute Gasteiger partial charge is 0.254 e. The van der Waals surface area contributed by atoms with E-state index in [0.717, 1.165) is 46.1 Å². The molecule has 1 aliphatic rings. The number of nitrogens with zero attached hydrogens (tertiary/aromatic N) is 4. The van der Waals surface area contributed by atoms with E-state index in [1.807, 2.05) is 54.3 Å². The summed E-state index contributed by atoms with van der Waals surface area (Å²) in [6.45, 7) is 4.99. The number of nitrogens with one attached hydrogen (secondary N) is 2. The number of likely N-dealkylation sites (N-methyl/N-ethyl adjacent to an activating group) is 1. The Hall–Kier alpha value is -5.09. The van der Waals surface area contributed by atoms with Gasteiger partial charge in [0.1, 0.15) is 0 Å². The van der Waals surface area contributed by atoms with Crippen molar-refractivity contribution in [3.8, 4) is 11.1 Å². The second-order valence-corrected chi connectivity index (χ2v) is 10.7. The van der Waals surface area contributed by atoms with Crippen molar-refractivity contribution < 1.29 is 14.4 Å². The fourth-order valence-corrected chi connectivity index (χ4v) is 5.61. The molecule has 212 valence electrons. The molecule has 10 nitrogen and oxygen atoms in total. The molecule has 3 aromatic carbocycles. The molecule has 5 aromatic rings. The predicted octanol–water partition coefficient (Wildman–Crippen LogP) is 3.75. The lowest BCUT2D eigenvalue weighted by molar-refractivity contribution is -0.115. The first-order valence-electron chi connectivity index (χ1n) is 13.8. The SMILES string of the molecule is Cc1c(NC(=O)Cc2cnccn2)cccc1-c1ccc(C(N)=O)c2[nH]c3cc(C(=O)N4CCN(C)CC4)ccc3c12. The van der Waals surface area contributed by atoms with Crippen molar-refractivity contribution in [3.05, 3.63) is 89.5 Å². The van der Waals surface area contributed by atoms with E-state index in [0.29, 0.717) is 41.1 Å². The normalized spacial score (nSPS) is 13.9. The highest BCUT2D eigenvalue weighted by Crippen LogP contribution is 2.39. The van der Waals surface area contributed by atoms with Gasteiger partial charge in [0.15, 0.2) is 0 Å². The van der Waals surface area contributed by atoms with Gasteiger partial charge in [-0.3, -0.25) is 24.4 Å². The van der Waals surface area contributed by atoms with Crippen molar-refractivity contribution in [3.63, 3.8) is 0 Å². The molecule has 0 aliphatic carbocycles. The number of benzene rings is 3. The van der Waals surface area contributed by atoms with Crippen LogP contribution in [0.15, 0.2) is 67.1 Å². The molecule has 0 atom stereocenters. The third-order valence-corrected chi connectivity index (χ3v) is 7.91. The maximum absolute atomic E-state index is 13.3.